The van der Waals surface area contributed by atoms with Gasteiger partial charge in [-0.15, -0.1) is 12.4 Å². The van der Waals surface area contributed by atoms with E-state index < -0.39 is 0 Å². The number of fused-ring (bicyclic) bond motifs is 2. The standard InChI is InChI=1S/C25H31N3OS.ClH/c1-17-14-18(2)23-22(15-17)30-25(26-23)28(13-7-12-27(3)4)24(29)21-11-10-19-8-5-6-9-20(19)16-21;/h10-11,14-16H,5-9,12-13H2,1-4H3;1H. The van der Waals surface area contributed by atoms with Crippen molar-refractivity contribution in [2.24, 2.45) is 0 Å². The highest BCUT2D eigenvalue weighted by Gasteiger charge is 2.23. The lowest BCUT2D eigenvalue weighted by Crippen LogP contribution is -2.33. The normalized spacial score (nSPS) is 13.2. The predicted octanol–water partition coefficient (Wildman–Crippen LogP) is 5.81. The summed E-state index contributed by atoms with van der Waals surface area (Å²) in [5.41, 5.74) is 6.95. The molecular weight excluding hydrogens is 426 g/mol. The molecule has 0 bridgehead atoms. The number of hydrogen-bond acceptors (Lipinski definition) is 4. The van der Waals surface area contributed by atoms with Gasteiger partial charge in [-0.1, -0.05) is 23.5 Å². The first-order valence-corrected chi connectivity index (χ1v) is 11.7. The van der Waals surface area contributed by atoms with Crippen molar-refractivity contribution in [3.63, 3.8) is 0 Å². The van der Waals surface area contributed by atoms with Gasteiger partial charge in [0.25, 0.3) is 5.91 Å². The molecule has 0 fully saturated rings. The lowest BCUT2D eigenvalue weighted by molar-refractivity contribution is 0.0986. The fraction of sp³-hybridized carbons (Fsp3) is 0.440. The molecule has 3 aromatic rings. The molecular formula is C25H32ClN3OS. The summed E-state index contributed by atoms with van der Waals surface area (Å²) in [5, 5.41) is 0.806. The Labute approximate surface area is 195 Å². The highest BCUT2D eigenvalue weighted by atomic mass is 35.5. The third kappa shape index (κ3) is 5.28. The van der Waals surface area contributed by atoms with E-state index in [9.17, 15) is 4.79 Å². The largest absolute Gasteiger partial charge is 0.309 e. The minimum absolute atomic E-state index is 0. The van der Waals surface area contributed by atoms with E-state index in [1.54, 1.807) is 11.3 Å². The first-order chi connectivity index (χ1) is 14.4. The average molecular weight is 458 g/mol. The van der Waals surface area contributed by atoms with Crippen molar-refractivity contribution >= 4 is 45.0 Å². The lowest BCUT2D eigenvalue weighted by Gasteiger charge is -2.22. The van der Waals surface area contributed by atoms with Gasteiger partial charge in [0.2, 0.25) is 0 Å². The van der Waals surface area contributed by atoms with Crippen LogP contribution in [0.15, 0.2) is 30.3 Å². The summed E-state index contributed by atoms with van der Waals surface area (Å²) in [7, 11) is 4.14. The summed E-state index contributed by atoms with van der Waals surface area (Å²) in [6.45, 7) is 5.82. The van der Waals surface area contributed by atoms with Crippen LogP contribution in [0.1, 0.15) is 51.9 Å². The Morgan fingerprint density at radius 3 is 2.52 bits per heavy atom. The second kappa shape index (κ2) is 10.1. The molecule has 1 aliphatic carbocycles. The zero-order chi connectivity index (χ0) is 21.3. The molecule has 2 aromatic carbocycles. The Morgan fingerprint density at radius 1 is 1.03 bits per heavy atom. The molecule has 6 heteroatoms. The number of anilines is 1. The summed E-state index contributed by atoms with van der Waals surface area (Å²) >= 11 is 1.62. The van der Waals surface area contributed by atoms with Crippen molar-refractivity contribution in [2.75, 3.05) is 32.1 Å². The van der Waals surface area contributed by atoms with Crippen molar-refractivity contribution in [2.45, 2.75) is 46.0 Å². The summed E-state index contributed by atoms with van der Waals surface area (Å²) in [6, 6.07) is 10.6. The Morgan fingerprint density at radius 2 is 1.77 bits per heavy atom. The number of hydrogen-bond donors (Lipinski definition) is 0. The molecule has 0 atom stereocenters. The maximum absolute atomic E-state index is 13.6. The first-order valence-electron chi connectivity index (χ1n) is 10.9. The van der Waals surface area contributed by atoms with Crippen molar-refractivity contribution in [3.05, 3.63) is 58.1 Å². The Balaban J connectivity index is 0.00000272. The highest BCUT2D eigenvalue weighted by Crippen LogP contribution is 2.33. The fourth-order valence-corrected chi connectivity index (χ4v) is 5.49. The average Bonchev–Trinajstić information content (AvgIpc) is 3.14. The molecule has 0 saturated heterocycles. The number of halogens is 1. The molecule has 1 heterocycles. The van der Waals surface area contributed by atoms with Crippen LogP contribution in [0.4, 0.5) is 5.13 Å². The predicted molar refractivity (Wildman–Crippen MR) is 134 cm³/mol. The number of carbonyl (C=O) groups is 1. The number of rotatable bonds is 6. The quantitative estimate of drug-likeness (QED) is 0.468. The van der Waals surface area contributed by atoms with Gasteiger partial charge in [-0.3, -0.25) is 9.69 Å². The van der Waals surface area contributed by atoms with Crippen LogP contribution in [0.25, 0.3) is 10.2 Å². The van der Waals surface area contributed by atoms with Crippen molar-refractivity contribution in [1.82, 2.24) is 9.88 Å². The number of aromatic nitrogens is 1. The molecule has 0 unspecified atom stereocenters. The third-order valence-electron chi connectivity index (χ3n) is 5.88. The van der Waals surface area contributed by atoms with Crippen LogP contribution in [0.3, 0.4) is 0 Å². The van der Waals surface area contributed by atoms with E-state index in [-0.39, 0.29) is 18.3 Å². The van der Waals surface area contributed by atoms with Gasteiger partial charge in [-0.2, -0.15) is 0 Å². The molecule has 0 aliphatic heterocycles. The van der Waals surface area contributed by atoms with E-state index in [4.69, 9.17) is 4.98 Å². The zero-order valence-corrected chi connectivity index (χ0v) is 20.5. The fourth-order valence-electron chi connectivity index (χ4n) is 4.33. The van der Waals surface area contributed by atoms with Crippen LogP contribution in [0, 0.1) is 13.8 Å². The van der Waals surface area contributed by atoms with Gasteiger partial charge in [0, 0.05) is 12.1 Å². The second-order valence-electron chi connectivity index (χ2n) is 8.73. The van der Waals surface area contributed by atoms with Crippen LogP contribution < -0.4 is 4.90 Å². The Bertz CT molecular complexity index is 1080. The van der Waals surface area contributed by atoms with Gasteiger partial charge in [-0.05, 0) is 107 Å². The molecule has 31 heavy (non-hydrogen) atoms. The summed E-state index contributed by atoms with van der Waals surface area (Å²) < 4.78 is 1.15. The van der Waals surface area contributed by atoms with Gasteiger partial charge in [0.1, 0.15) is 0 Å². The molecule has 1 aliphatic rings. The molecule has 0 radical (unpaired) electrons. The first kappa shape index (κ1) is 23.7. The van der Waals surface area contributed by atoms with E-state index in [1.807, 2.05) is 11.0 Å². The summed E-state index contributed by atoms with van der Waals surface area (Å²) in [5.74, 6) is 0.0653. The maximum atomic E-state index is 13.6. The van der Waals surface area contributed by atoms with Gasteiger partial charge in [0.15, 0.2) is 5.13 Å². The molecule has 1 amide bonds. The molecule has 1 aromatic heterocycles. The van der Waals surface area contributed by atoms with E-state index in [1.165, 1.54) is 35.1 Å². The van der Waals surface area contributed by atoms with Crippen molar-refractivity contribution < 1.29 is 4.79 Å². The van der Waals surface area contributed by atoms with E-state index in [0.29, 0.717) is 6.54 Å². The van der Waals surface area contributed by atoms with Gasteiger partial charge in [0.05, 0.1) is 10.2 Å². The van der Waals surface area contributed by atoms with Crippen LogP contribution in [-0.2, 0) is 12.8 Å². The van der Waals surface area contributed by atoms with Crippen molar-refractivity contribution in [3.8, 4) is 0 Å². The lowest BCUT2D eigenvalue weighted by atomic mass is 9.90. The van der Waals surface area contributed by atoms with Crippen LogP contribution >= 0.6 is 23.7 Å². The monoisotopic (exact) mass is 457 g/mol. The molecule has 0 N–H and O–H groups in total. The zero-order valence-electron chi connectivity index (χ0n) is 18.9. The third-order valence-corrected chi connectivity index (χ3v) is 6.90. The number of benzene rings is 2. The molecule has 0 spiro atoms. The molecule has 4 rings (SSSR count). The number of nitrogens with zero attached hydrogens (tertiary/aromatic N) is 3. The highest BCUT2D eigenvalue weighted by molar-refractivity contribution is 7.22. The minimum atomic E-state index is 0. The molecule has 0 saturated carbocycles. The summed E-state index contributed by atoms with van der Waals surface area (Å²) in [6.07, 6.45) is 5.59. The van der Waals surface area contributed by atoms with Crippen molar-refractivity contribution in [1.29, 1.82) is 0 Å². The number of aryl methyl sites for hydroxylation is 4. The van der Waals surface area contributed by atoms with Gasteiger partial charge in [-0.25, -0.2) is 4.98 Å². The van der Waals surface area contributed by atoms with E-state index in [0.717, 1.165) is 46.7 Å². The molecule has 166 valence electrons. The SMILES string of the molecule is Cc1cc(C)c2nc(N(CCCN(C)C)C(=O)c3ccc4c(c3)CCCC4)sc2c1.Cl. The van der Waals surface area contributed by atoms with E-state index in [2.05, 4.69) is 57.1 Å². The maximum Gasteiger partial charge on any atom is 0.260 e. The van der Waals surface area contributed by atoms with Gasteiger partial charge >= 0.3 is 0 Å². The number of thiazole rings is 1. The van der Waals surface area contributed by atoms with E-state index >= 15 is 0 Å². The van der Waals surface area contributed by atoms with Gasteiger partial charge < -0.3 is 4.90 Å². The minimum Gasteiger partial charge on any atom is -0.309 e. The smallest absolute Gasteiger partial charge is 0.260 e. The topological polar surface area (TPSA) is 36.4 Å². The summed E-state index contributed by atoms with van der Waals surface area (Å²) in [4.78, 5) is 22.6. The van der Waals surface area contributed by atoms with Crippen LogP contribution in [-0.4, -0.2) is 43.0 Å². The Kier molecular flexibility index (Phi) is 7.73. The van der Waals surface area contributed by atoms with Crippen LogP contribution in [0.5, 0.6) is 0 Å². The van der Waals surface area contributed by atoms with Crippen LogP contribution in [0.2, 0.25) is 0 Å². The number of amides is 1. The molecule has 4 nitrogen and oxygen atoms in total. The second-order valence-corrected chi connectivity index (χ2v) is 9.74. The Hall–Kier alpha value is -1.95. The number of carbonyl (C=O) groups excluding carboxylic acids is 1.